The number of carbonyl (C=O) groups excluding carboxylic acids is 4. The topological polar surface area (TPSA) is 105 Å². The monoisotopic (exact) mass is 534 g/mol. The van der Waals surface area contributed by atoms with Gasteiger partial charge in [-0.2, -0.15) is 0 Å². The fourth-order valence-corrected chi connectivity index (χ4v) is 7.77. The Kier molecular flexibility index (Phi) is 18.9. The van der Waals surface area contributed by atoms with E-state index >= 15 is 0 Å². The molecule has 0 radical (unpaired) electrons. The molecule has 0 heterocycles. The number of unbranched alkanes of at least 4 members (excludes halogenated alkanes) is 8. The first-order valence-corrected chi connectivity index (χ1v) is 16.8. The predicted molar refractivity (Wildman–Crippen MR) is 129 cm³/mol. The van der Waals surface area contributed by atoms with Crippen molar-refractivity contribution in [3.05, 3.63) is 0 Å². The molecule has 0 bridgehead atoms. The van der Waals surface area contributed by atoms with Crippen LogP contribution in [0.15, 0.2) is 0 Å². The Morgan fingerprint density at radius 3 is 0.818 bits per heavy atom. The summed E-state index contributed by atoms with van der Waals surface area (Å²) in [5.41, 5.74) is 0. The van der Waals surface area contributed by atoms with Crippen molar-refractivity contribution in [2.24, 2.45) is 0 Å². The summed E-state index contributed by atoms with van der Waals surface area (Å²) in [6.45, 7) is 8.09. The van der Waals surface area contributed by atoms with E-state index in [2.05, 4.69) is 0 Å². The van der Waals surface area contributed by atoms with Crippen LogP contribution in [0.2, 0.25) is 0 Å². The molecular formula is C24H44GeO8. The van der Waals surface area contributed by atoms with Gasteiger partial charge in [0.2, 0.25) is 0 Å². The van der Waals surface area contributed by atoms with Crippen molar-refractivity contribution < 1.29 is 38.1 Å². The van der Waals surface area contributed by atoms with E-state index in [0.29, 0.717) is 25.7 Å². The van der Waals surface area contributed by atoms with Gasteiger partial charge in [-0.15, -0.1) is 0 Å². The summed E-state index contributed by atoms with van der Waals surface area (Å²) in [7, 11) is 0. The van der Waals surface area contributed by atoms with Crippen molar-refractivity contribution in [2.75, 3.05) is 26.4 Å². The molecule has 0 aromatic heterocycles. The Balaban J connectivity index is 5.81. The van der Waals surface area contributed by atoms with Crippen LogP contribution in [0, 0.1) is 0 Å². The number of ether oxygens (including phenoxy) is 4. The van der Waals surface area contributed by atoms with Crippen molar-refractivity contribution in [2.45, 2.75) is 105 Å². The Morgan fingerprint density at radius 2 is 0.636 bits per heavy atom. The van der Waals surface area contributed by atoms with Crippen LogP contribution in [-0.4, -0.2) is 58.9 Å². The van der Waals surface area contributed by atoms with E-state index in [1.165, 1.54) is 0 Å². The first-order valence-electron chi connectivity index (χ1n) is 12.6. The fraction of sp³-hybridized carbons (Fsp3) is 0.833. The molecule has 0 aliphatic rings. The molecule has 0 saturated carbocycles. The third-order valence-corrected chi connectivity index (χ3v) is 11.5. The van der Waals surface area contributed by atoms with Gasteiger partial charge in [0.15, 0.2) is 0 Å². The van der Waals surface area contributed by atoms with Crippen molar-refractivity contribution >= 4 is 32.5 Å². The van der Waals surface area contributed by atoms with Gasteiger partial charge in [-0.1, -0.05) is 0 Å². The van der Waals surface area contributed by atoms with Gasteiger partial charge in [0.1, 0.15) is 0 Å². The first-order chi connectivity index (χ1) is 15.9. The van der Waals surface area contributed by atoms with Gasteiger partial charge >= 0.3 is 202 Å². The zero-order chi connectivity index (χ0) is 25.0. The Bertz CT molecular complexity index is 477. The molecule has 0 amide bonds. The van der Waals surface area contributed by atoms with E-state index < -0.39 is 32.5 Å². The summed E-state index contributed by atoms with van der Waals surface area (Å²) in [5.74, 6) is 0. The molecule has 0 fully saturated rings. The van der Waals surface area contributed by atoms with Crippen molar-refractivity contribution in [3.63, 3.8) is 0 Å². The number of rotatable bonds is 20. The third-order valence-electron chi connectivity index (χ3n) is 5.15. The van der Waals surface area contributed by atoms with Crippen molar-refractivity contribution in [1.29, 1.82) is 0 Å². The van der Waals surface area contributed by atoms with E-state index in [4.69, 9.17) is 18.9 Å². The second-order valence-electron chi connectivity index (χ2n) is 8.12. The Morgan fingerprint density at radius 1 is 0.424 bits per heavy atom. The fourth-order valence-electron chi connectivity index (χ4n) is 3.00. The summed E-state index contributed by atoms with van der Waals surface area (Å²) < 4.78 is 21.2. The standard InChI is InChI=1S/C24H44GeO8/c1-5-9-13-17-30-21(26)25(22(27)31-18-14-10-6-2,23(28)32-19-15-11-7-3)24(29)33-20-16-12-8-4/h5-20H2,1-4H3. The van der Waals surface area contributed by atoms with Crippen LogP contribution in [0.3, 0.4) is 0 Å². The van der Waals surface area contributed by atoms with Crippen LogP contribution in [-0.2, 0) is 18.9 Å². The molecule has 0 aromatic rings. The molecule has 0 aliphatic heterocycles. The molecule has 0 rings (SSSR count). The maximum atomic E-state index is 13.2. The van der Waals surface area contributed by atoms with Crippen molar-refractivity contribution in [1.82, 2.24) is 0 Å². The van der Waals surface area contributed by atoms with E-state index in [1.807, 2.05) is 27.7 Å². The van der Waals surface area contributed by atoms with Gasteiger partial charge in [-0.25, -0.2) is 0 Å². The van der Waals surface area contributed by atoms with Gasteiger partial charge in [-0.3, -0.25) is 0 Å². The molecule has 0 spiro atoms. The van der Waals surface area contributed by atoms with Gasteiger partial charge in [0.05, 0.1) is 0 Å². The number of carbonyl (C=O) groups is 4. The molecular weight excluding hydrogens is 489 g/mol. The molecule has 0 atom stereocenters. The summed E-state index contributed by atoms with van der Waals surface area (Å²) in [5, 5.41) is 0. The molecule has 0 unspecified atom stereocenters. The second-order valence-corrected chi connectivity index (χ2v) is 14.7. The van der Waals surface area contributed by atoms with Gasteiger partial charge < -0.3 is 0 Å². The predicted octanol–water partition coefficient (Wildman–Crippen LogP) is 7.07. The molecule has 33 heavy (non-hydrogen) atoms. The minimum absolute atomic E-state index is 0.0228. The summed E-state index contributed by atoms with van der Waals surface area (Å²) >= 11 is -5.59. The van der Waals surface area contributed by atoms with Crippen LogP contribution in [0.5, 0.6) is 0 Å². The normalized spacial score (nSPS) is 11.0. The van der Waals surface area contributed by atoms with Crippen LogP contribution < -0.4 is 0 Å². The van der Waals surface area contributed by atoms with E-state index in [9.17, 15) is 19.2 Å². The summed E-state index contributed by atoms with van der Waals surface area (Å²) in [6, 6.07) is 0. The third kappa shape index (κ3) is 11.4. The van der Waals surface area contributed by atoms with E-state index in [0.717, 1.165) is 51.4 Å². The van der Waals surface area contributed by atoms with Gasteiger partial charge in [0, 0.05) is 0 Å². The van der Waals surface area contributed by atoms with Gasteiger partial charge in [0.25, 0.3) is 0 Å². The number of hydrogen-bond donors (Lipinski definition) is 0. The molecule has 0 N–H and O–H groups in total. The van der Waals surface area contributed by atoms with Crippen LogP contribution >= 0.6 is 0 Å². The van der Waals surface area contributed by atoms with Crippen LogP contribution in [0.4, 0.5) is 19.2 Å². The maximum absolute atomic E-state index is 13.2. The molecule has 8 nitrogen and oxygen atoms in total. The van der Waals surface area contributed by atoms with Crippen LogP contribution in [0.25, 0.3) is 0 Å². The zero-order valence-electron chi connectivity index (χ0n) is 21.1. The molecule has 192 valence electrons. The van der Waals surface area contributed by atoms with E-state index in [1.54, 1.807) is 0 Å². The Labute approximate surface area is 201 Å². The number of hydrogen-bond acceptors (Lipinski definition) is 8. The van der Waals surface area contributed by atoms with E-state index in [-0.39, 0.29) is 26.4 Å². The summed E-state index contributed by atoms with van der Waals surface area (Å²) in [6.07, 6.45) is 9.18. The van der Waals surface area contributed by atoms with Crippen LogP contribution in [0.1, 0.15) is 105 Å². The second kappa shape index (κ2) is 19.9. The Hall–Kier alpha value is -1.58. The average Bonchev–Trinajstić information content (AvgIpc) is 2.80. The van der Waals surface area contributed by atoms with Gasteiger partial charge in [-0.05, 0) is 0 Å². The quantitative estimate of drug-likeness (QED) is 0.0930. The summed E-state index contributed by atoms with van der Waals surface area (Å²) in [4.78, 5) is 48.3. The molecule has 0 aliphatic carbocycles. The average molecular weight is 533 g/mol. The molecule has 0 saturated heterocycles. The molecule has 0 aromatic carbocycles. The molecule has 9 heteroatoms. The first kappa shape index (κ1) is 31.4. The SMILES string of the molecule is CCCCCO[C](=O)[Ge]([C](=O)OCCCCC)([C](=O)OCCCCC)[C](=O)OCCCCC. The zero-order valence-corrected chi connectivity index (χ0v) is 23.2. The van der Waals surface area contributed by atoms with Crippen molar-refractivity contribution in [3.8, 4) is 0 Å². The minimum atomic E-state index is -5.59.